The van der Waals surface area contributed by atoms with Crippen LogP contribution in [0.25, 0.3) is 0 Å². The summed E-state index contributed by atoms with van der Waals surface area (Å²) in [5.74, 6) is 0.178. The quantitative estimate of drug-likeness (QED) is 0.886. The predicted octanol–water partition coefficient (Wildman–Crippen LogP) is 1.91. The number of carbonyl (C=O) groups excluding carboxylic acids is 1. The fourth-order valence-electron chi connectivity index (χ4n) is 2.12. The lowest BCUT2D eigenvalue weighted by Crippen LogP contribution is -2.37. The largest absolute Gasteiger partial charge is 0.348 e. The second-order valence-corrected chi connectivity index (χ2v) is 5.92. The second kappa shape index (κ2) is 5.65. The molecule has 0 bridgehead atoms. The van der Waals surface area contributed by atoms with Gasteiger partial charge < -0.3 is 10.2 Å². The summed E-state index contributed by atoms with van der Waals surface area (Å²) < 4.78 is 0. The first kappa shape index (κ1) is 13.3. The van der Waals surface area contributed by atoms with Gasteiger partial charge in [0.2, 0.25) is 11.0 Å². The van der Waals surface area contributed by atoms with E-state index in [0.29, 0.717) is 0 Å². The molecule has 100 valence electrons. The van der Waals surface area contributed by atoms with Gasteiger partial charge in [-0.3, -0.25) is 4.79 Å². The van der Waals surface area contributed by atoms with Crippen molar-refractivity contribution in [1.29, 1.82) is 0 Å². The Kier molecular flexibility index (Phi) is 4.16. The average molecular weight is 268 g/mol. The standard InChI is InChI=1S/C12H20N4OS/c1-4-5-10-14-15-12(18-10)13-9-6-7-16(8(2)3)11(9)17/h8-9H,4-7H2,1-3H3,(H,13,15)/t9-/m1/s1. The van der Waals surface area contributed by atoms with Gasteiger partial charge in [-0.2, -0.15) is 0 Å². The normalized spacial score (nSPS) is 19.9. The highest BCUT2D eigenvalue weighted by Crippen LogP contribution is 2.22. The van der Waals surface area contributed by atoms with Gasteiger partial charge in [0.25, 0.3) is 0 Å². The maximum Gasteiger partial charge on any atom is 0.245 e. The first-order valence-electron chi connectivity index (χ1n) is 6.51. The lowest BCUT2D eigenvalue weighted by atomic mass is 10.2. The summed E-state index contributed by atoms with van der Waals surface area (Å²) in [6, 6.07) is 0.143. The molecule has 2 heterocycles. The zero-order chi connectivity index (χ0) is 13.1. The minimum atomic E-state index is -0.130. The van der Waals surface area contributed by atoms with Gasteiger partial charge in [-0.25, -0.2) is 0 Å². The lowest BCUT2D eigenvalue weighted by Gasteiger charge is -2.20. The molecule has 0 unspecified atom stereocenters. The summed E-state index contributed by atoms with van der Waals surface area (Å²) in [6.07, 6.45) is 2.87. The van der Waals surface area contributed by atoms with E-state index < -0.39 is 0 Å². The molecule has 0 saturated carbocycles. The van der Waals surface area contributed by atoms with Crippen molar-refractivity contribution >= 4 is 22.4 Å². The van der Waals surface area contributed by atoms with Gasteiger partial charge >= 0.3 is 0 Å². The number of hydrogen-bond acceptors (Lipinski definition) is 5. The Labute approximate surface area is 112 Å². The zero-order valence-electron chi connectivity index (χ0n) is 11.1. The molecule has 1 aromatic rings. The van der Waals surface area contributed by atoms with Crippen LogP contribution in [0.1, 0.15) is 38.6 Å². The summed E-state index contributed by atoms with van der Waals surface area (Å²) in [7, 11) is 0. The fourth-order valence-corrected chi connectivity index (χ4v) is 3.02. The number of likely N-dealkylation sites (tertiary alicyclic amines) is 1. The molecule has 5 nitrogen and oxygen atoms in total. The first-order chi connectivity index (χ1) is 8.61. The van der Waals surface area contributed by atoms with Crippen molar-refractivity contribution in [2.24, 2.45) is 0 Å². The van der Waals surface area contributed by atoms with Gasteiger partial charge in [0.1, 0.15) is 11.0 Å². The van der Waals surface area contributed by atoms with Crippen molar-refractivity contribution in [3.8, 4) is 0 Å². The van der Waals surface area contributed by atoms with Gasteiger partial charge in [0, 0.05) is 19.0 Å². The van der Waals surface area contributed by atoms with E-state index in [2.05, 4.69) is 22.4 Å². The van der Waals surface area contributed by atoms with Crippen molar-refractivity contribution in [2.45, 2.75) is 52.1 Å². The molecule has 1 atom stereocenters. The van der Waals surface area contributed by atoms with Gasteiger partial charge in [-0.05, 0) is 26.7 Å². The maximum absolute atomic E-state index is 12.1. The number of nitrogens with one attached hydrogen (secondary N) is 1. The third-order valence-electron chi connectivity index (χ3n) is 3.09. The predicted molar refractivity (Wildman–Crippen MR) is 72.8 cm³/mol. The summed E-state index contributed by atoms with van der Waals surface area (Å²) in [5.41, 5.74) is 0. The molecule has 0 spiro atoms. The van der Waals surface area contributed by atoms with E-state index in [-0.39, 0.29) is 18.0 Å². The Morgan fingerprint density at radius 2 is 2.28 bits per heavy atom. The van der Waals surface area contributed by atoms with E-state index in [4.69, 9.17) is 0 Å². The van der Waals surface area contributed by atoms with E-state index in [1.165, 1.54) is 0 Å². The molecule has 0 radical (unpaired) electrons. The molecule has 1 aromatic heterocycles. The number of anilines is 1. The SMILES string of the molecule is CCCc1nnc(N[C@@H]2CCN(C(C)C)C2=O)s1. The molecule has 1 fully saturated rings. The van der Waals surface area contributed by atoms with E-state index in [0.717, 1.165) is 35.9 Å². The second-order valence-electron chi connectivity index (χ2n) is 4.86. The summed E-state index contributed by atoms with van der Waals surface area (Å²) in [4.78, 5) is 14.0. The Hall–Kier alpha value is -1.17. The van der Waals surface area contributed by atoms with Gasteiger partial charge in [-0.15, -0.1) is 10.2 Å². The van der Waals surface area contributed by atoms with Crippen LogP contribution in [0.3, 0.4) is 0 Å². The Morgan fingerprint density at radius 3 is 2.89 bits per heavy atom. The van der Waals surface area contributed by atoms with Gasteiger partial charge in [0.15, 0.2) is 0 Å². The van der Waals surface area contributed by atoms with Crippen molar-refractivity contribution in [3.05, 3.63) is 5.01 Å². The molecular formula is C12H20N4OS. The molecule has 2 rings (SSSR count). The van der Waals surface area contributed by atoms with Crippen molar-refractivity contribution in [2.75, 3.05) is 11.9 Å². The molecular weight excluding hydrogens is 248 g/mol. The molecule has 1 aliphatic rings. The molecule has 0 aliphatic carbocycles. The molecule has 1 N–H and O–H groups in total. The van der Waals surface area contributed by atoms with E-state index in [1.54, 1.807) is 11.3 Å². The number of amides is 1. The maximum atomic E-state index is 12.1. The Morgan fingerprint density at radius 1 is 1.50 bits per heavy atom. The number of rotatable bonds is 5. The topological polar surface area (TPSA) is 58.1 Å². The lowest BCUT2D eigenvalue weighted by molar-refractivity contribution is -0.129. The van der Waals surface area contributed by atoms with Crippen LogP contribution < -0.4 is 5.32 Å². The van der Waals surface area contributed by atoms with Crippen LogP contribution in [-0.2, 0) is 11.2 Å². The average Bonchev–Trinajstić information content (AvgIpc) is 2.89. The van der Waals surface area contributed by atoms with Crippen molar-refractivity contribution in [3.63, 3.8) is 0 Å². The van der Waals surface area contributed by atoms with Gasteiger partial charge in [-0.1, -0.05) is 18.3 Å². The molecule has 1 aliphatic heterocycles. The third-order valence-corrected chi connectivity index (χ3v) is 4.01. The summed E-state index contributed by atoms with van der Waals surface area (Å²) >= 11 is 1.55. The van der Waals surface area contributed by atoms with Crippen LogP contribution in [-0.4, -0.2) is 39.6 Å². The Bertz CT molecular complexity index is 418. The minimum absolute atomic E-state index is 0.130. The van der Waals surface area contributed by atoms with E-state index >= 15 is 0 Å². The summed E-state index contributed by atoms with van der Waals surface area (Å²) in [6.45, 7) is 7.04. The van der Waals surface area contributed by atoms with E-state index in [9.17, 15) is 4.79 Å². The van der Waals surface area contributed by atoms with Crippen LogP contribution in [0.5, 0.6) is 0 Å². The smallest absolute Gasteiger partial charge is 0.245 e. The number of aryl methyl sites for hydroxylation is 1. The number of hydrogen-bond donors (Lipinski definition) is 1. The molecule has 1 saturated heterocycles. The number of carbonyl (C=O) groups is 1. The monoisotopic (exact) mass is 268 g/mol. The van der Waals surface area contributed by atoms with Crippen LogP contribution in [0.2, 0.25) is 0 Å². The molecule has 0 aromatic carbocycles. The number of aromatic nitrogens is 2. The third kappa shape index (κ3) is 2.80. The van der Waals surface area contributed by atoms with Gasteiger partial charge in [0.05, 0.1) is 0 Å². The first-order valence-corrected chi connectivity index (χ1v) is 7.33. The highest BCUT2D eigenvalue weighted by atomic mass is 32.1. The van der Waals surface area contributed by atoms with Crippen molar-refractivity contribution < 1.29 is 4.79 Å². The highest BCUT2D eigenvalue weighted by molar-refractivity contribution is 7.15. The van der Waals surface area contributed by atoms with E-state index in [1.807, 2.05) is 18.7 Å². The van der Waals surface area contributed by atoms with Crippen LogP contribution in [0.15, 0.2) is 0 Å². The van der Waals surface area contributed by atoms with Crippen LogP contribution in [0.4, 0.5) is 5.13 Å². The number of nitrogens with zero attached hydrogens (tertiary/aromatic N) is 3. The molecule has 18 heavy (non-hydrogen) atoms. The fraction of sp³-hybridized carbons (Fsp3) is 0.750. The Balaban J connectivity index is 1.95. The molecule has 6 heteroatoms. The van der Waals surface area contributed by atoms with Crippen LogP contribution >= 0.6 is 11.3 Å². The highest BCUT2D eigenvalue weighted by Gasteiger charge is 2.33. The van der Waals surface area contributed by atoms with Crippen LogP contribution in [0, 0.1) is 0 Å². The minimum Gasteiger partial charge on any atom is -0.348 e. The van der Waals surface area contributed by atoms with Crippen molar-refractivity contribution in [1.82, 2.24) is 15.1 Å². The zero-order valence-corrected chi connectivity index (χ0v) is 12.0. The molecule has 1 amide bonds. The summed E-state index contributed by atoms with van der Waals surface area (Å²) in [5, 5.41) is 13.2.